The zero-order valence-electron chi connectivity index (χ0n) is 9.51. The largest absolute Gasteiger partial charge is 0.386 e. The molecule has 0 aromatic carbocycles. The molecule has 9 heteroatoms. The Morgan fingerprint density at radius 3 is 2.29 bits per heavy atom. The number of nitrogens with two attached hydrogens (primary N) is 1. The van der Waals surface area contributed by atoms with Gasteiger partial charge in [0.05, 0.1) is 22.8 Å². The highest BCUT2D eigenvalue weighted by atomic mass is 32.2. The van der Waals surface area contributed by atoms with Crippen molar-refractivity contribution in [1.82, 2.24) is 4.72 Å². The van der Waals surface area contributed by atoms with Crippen molar-refractivity contribution in [3.63, 3.8) is 0 Å². The van der Waals surface area contributed by atoms with Gasteiger partial charge in [0.15, 0.2) is 0 Å². The van der Waals surface area contributed by atoms with Gasteiger partial charge in [0, 0.05) is 0 Å². The van der Waals surface area contributed by atoms with E-state index in [1.54, 1.807) is 0 Å². The molecule has 0 aliphatic carbocycles. The summed E-state index contributed by atoms with van der Waals surface area (Å²) in [6.07, 6.45) is 0.199. The smallest absolute Gasteiger partial charge is 0.215 e. The normalized spacial score (nSPS) is 23.1. The second-order valence-electron chi connectivity index (χ2n) is 4.19. The SMILES string of the molecule is CC(NS(=O)(=O)C1CCS(=O)(=O)CC1)C(=N)N. The third-order valence-electron chi connectivity index (χ3n) is 2.75. The lowest BCUT2D eigenvalue weighted by Gasteiger charge is -2.23. The zero-order valence-corrected chi connectivity index (χ0v) is 11.1. The van der Waals surface area contributed by atoms with Crippen LogP contribution in [0.3, 0.4) is 0 Å². The van der Waals surface area contributed by atoms with E-state index in [9.17, 15) is 16.8 Å². The Balaban J connectivity index is 2.70. The minimum atomic E-state index is -3.61. The fraction of sp³-hybridized carbons (Fsp3) is 0.875. The molecule has 0 aromatic rings. The van der Waals surface area contributed by atoms with Crippen molar-refractivity contribution in [2.75, 3.05) is 11.5 Å². The maximum Gasteiger partial charge on any atom is 0.215 e. The van der Waals surface area contributed by atoms with Crippen LogP contribution in [0.25, 0.3) is 0 Å². The lowest BCUT2D eigenvalue weighted by atomic mass is 10.2. The minimum absolute atomic E-state index is 0.0995. The van der Waals surface area contributed by atoms with Crippen LogP contribution in [0.1, 0.15) is 19.8 Å². The number of nitrogens with one attached hydrogen (secondary N) is 2. The van der Waals surface area contributed by atoms with E-state index in [0.717, 1.165) is 0 Å². The van der Waals surface area contributed by atoms with Crippen LogP contribution in [0.5, 0.6) is 0 Å². The summed E-state index contributed by atoms with van der Waals surface area (Å²) in [4.78, 5) is 0. The van der Waals surface area contributed by atoms with E-state index < -0.39 is 31.2 Å². The zero-order chi connectivity index (χ0) is 13.3. The Kier molecular flexibility index (Phi) is 4.15. The molecule has 7 nitrogen and oxygen atoms in total. The summed E-state index contributed by atoms with van der Waals surface area (Å²) < 4.78 is 48.4. The van der Waals surface area contributed by atoms with Gasteiger partial charge in [-0.05, 0) is 19.8 Å². The molecule has 1 rings (SSSR count). The first-order chi connectivity index (χ1) is 7.64. The van der Waals surface area contributed by atoms with Crippen molar-refractivity contribution in [3.05, 3.63) is 0 Å². The Morgan fingerprint density at radius 1 is 1.41 bits per heavy atom. The lowest BCUT2D eigenvalue weighted by Crippen LogP contribution is -2.47. The van der Waals surface area contributed by atoms with Crippen molar-refractivity contribution in [3.8, 4) is 0 Å². The van der Waals surface area contributed by atoms with Crippen molar-refractivity contribution in [2.24, 2.45) is 5.73 Å². The van der Waals surface area contributed by atoms with Gasteiger partial charge < -0.3 is 5.73 Å². The molecule has 0 saturated carbocycles. The predicted molar refractivity (Wildman–Crippen MR) is 65.1 cm³/mol. The summed E-state index contributed by atoms with van der Waals surface area (Å²) in [5.41, 5.74) is 5.18. The van der Waals surface area contributed by atoms with Gasteiger partial charge in [0.2, 0.25) is 10.0 Å². The standard InChI is InChI=1S/C8H17N3O4S2/c1-6(8(9)10)11-17(14,15)7-2-4-16(12,13)5-3-7/h6-7,11H,2-5H2,1H3,(H3,9,10). The Bertz CT molecular complexity index is 483. The van der Waals surface area contributed by atoms with E-state index in [1.165, 1.54) is 6.92 Å². The average molecular weight is 283 g/mol. The van der Waals surface area contributed by atoms with E-state index in [1.807, 2.05) is 0 Å². The van der Waals surface area contributed by atoms with Crippen LogP contribution in [0.15, 0.2) is 0 Å². The van der Waals surface area contributed by atoms with Crippen LogP contribution < -0.4 is 10.5 Å². The fourth-order valence-corrected chi connectivity index (χ4v) is 5.04. The van der Waals surface area contributed by atoms with E-state index in [0.29, 0.717) is 0 Å². The average Bonchev–Trinajstić information content (AvgIpc) is 2.15. The van der Waals surface area contributed by atoms with Gasteiger partial charge in [-0.3, -0.25) is 5.41 Å². The molecule has 1 unspecified atom stereocenters. The Hall–Kier alpha value is -0.670. The van der Waals surface area contributed by atoms with E-state index in [-0.39, 0.29) is 30.2 Å². The molecule has 1 saturated heterocycles. The van der Waals surface area contributed by atoms with E-state index in [4.69, 9.17) is 11.1 Å². The Labute approximate surface area is 101 Å². The van der Waals surface area contributed by atoms with Crippen LogP contribution >= 0.6 is 0 Å². The summed E-state index contributed by atoms with van der Waals surface area (Å²) >= 11 is 0. The summed E-state index contributed by atoms with van der Waals surface area (Å²) in [7, 11) is -6.69. The number of rotatable bonds is 4. The van der Waals surface area contributed by atoms with Crippen molar-refractivity contribution >= 4 is 25.7 Å². The van der Waals surface area contributed by atoms with Gasteiger partial charge in [0.25, 0.3) is 0 Å². The molecule has 0 radical (unpaired) electrons. The molecule has 0 amide bonds. The third-order valence-corrected chi connectivity index (χ3v) is 6.49. The van der Waals surface area contributed by atoms with Crippen LogP contribution in [-0.4, -0.2) is 45.5 Å². The van der Waals surface area contributed by atoms with Crippen molar-refractivity contribution < 1.29 is 16.8 Å². The van der Waals surface area contributed by atoms with Gasteiger partial charge >= 0.3 is 0 Å². The third kappa shape index (κ3) is 3.93. The highest BCUT2D eigenvalue weighted by molar-refractivity contribution is 7.92. The first-order valence-electron chi connectivity index (χ1n) is 5.19. The lowest BCUT2D eigenvalue weighted by molar-refractivity contribution is 0.540. The van der Waals surface area contributed by atoms with E-state index in [2.05, 4.69) is 4.72 Å². The molecule has 17 heavy (non-hydrogen) atoms. The highest BCUT2D eigenvalue weighted by Gasteiger charge is 2.33. The minimum Gasteiger partial charge on any atom is -0.386 e. The maximum absolute atomic E-state index is 11.9. The molecule has 4 N–H and O–H groups in total. The molecule has 0 aromatic heterocycles. The molecule has 100 valence electrons. The summed E-state index contributed by atoms with van der Waals surface area (Å²) in [5.74, 6) is -0.475. The molecule has 1 fully saturated rings. The molecular formula is C8H17N3O4S2. The second-order valence-corrected chi connectivity index (χ2v) is 8.49. The monoisotopic (exact) mass is 283 g/mol. The molecule has 0 bridgehead atoms. The number of sulfone groups is 1. The highest BCUT2D eigenvalue weighted by Crippen LogP contribution is 2.18. The van der Waals surface area contributed by atoms with Crippen LogP contribution in [-0.2, 0) is 19.9 Å². The molecule has 1 atom stereocenters. The van der Waals surface area contributed by atoms with Gasteiger partial charge in [0.1, 0.15) is 15.7 Å². The summed E-state index contributed by atoms with van der Waals surface area (Å²) in [6.45, 7) is 1.47. The maximum atomic E-state index is 11.9. The number of hydrogen-bond donors (Lipinski definition) is 3. The molecule has 1 aliphatic heterocycles. The van der Waals surface area contributed by atoms with Crippen LogP contribution in [0, 0.1) is 5.41 Å². The van der Waals surface area contributed by atoms with Crippen molar-refractivity contribution in [2.45, 2.75) is 31.1 Å². The Morgan fingerprint density at radius 2 is 1.88 bits per heavy atom. The number of sulfonamides is 1. The number of hydrogen-bond acceptors (Lipinski definition) is 5. The fourth-order valence-electron chi connectivity index (χ4n) is 1.58. The van der Waals surface area contributed by atoms with Gasteiger partial charge in [-0.15, -0.1) is 0 Å². The molecular weight excluding hydrogens is 266 g/mol. The quantitative estimate of drug-likeness (QED) is 0.441. The topological polar surface area (TPSA) is 130 Å². The van der Waals surface area contributed by atoms with Gasteiger partial charge in [-0.1, -0.05) is 0 Å². The molecule has 1 heterocycles. The first kappa shape index (κ1) is 14.4. The van der Waals surface area contributed by atoms with Crippen LogP contribution in [0.2, 0.25) is 0 Å². The summed E-state index contributed by atoms with van der Waals surface area (Å²) in [5, 5.41) is 6.40. The van der Waals surface area contributed by atoms with Crippen molar-refractivity contribution in [1.29, 1.82) is 5.41 Å². The number of amidine groups is 1. The first-order valence-corrected chi connectivity index (χ1v) is 8.56. The van der Waals surface area contributed by atoms with Crippen LogP contribution in [0.4, 0.5) is 0 Å². The van der Waals surface area contributed by atoms with Gasteiger partial charge in [-0.25, -0.2) is 21.6 Å². The molecule has 1 aliphatic rings. The predicted octanol–water partition coefficient (Wildman–Crippen LogP) is -1.19. The van der Waals surface area contributed by atoms with E-state index >= 15 is 0 Å². The molecule has 0 spiro atoms. The van der Waals surface area contributed by atoms with Gasteiger partial charge in [-0.2, -0.15) is 0 Å². The summed E-state index contributed by atoms with van der Waals surface area (Å²) in [6, 6.07) is -0.765. The second kappa shape index (κ2) is 4.91.